The van der Waals surface area contributed by atoms with E-state index in [-0.39, 0.29) is 12.5 Å². The molecular formula is C32H31N3O3. The fourth-order valence-corrected chi connectivity index (χ4v) is 5.01. The minimum atomic E-state index is -0.900. The second kappa shape index (κ2) is 11.2. The van der Waals surface area contributed by atoms with Gasteiger partial charge in [0, 0.05) is 17.8 Å². The number of benzene rings is 3. The minimum absolute atomic E-state index is 0.116. The van der Waals surface area contributed by atoms with Gasteiger partial charge in [-0.2, -0.15) is 0 Å². The number of nitrogens with zero attached hydrogens (tertiary/aromatic N) is 3. The van der Waals surface area contributed by atoms with Gasteiger partial charge >= 0.3 is 5.97 Å². The molecule has 0 saturated heterocycles. The van der Waals surface area contributed by atoms with Crippen LogP contribution >= 0.6 is 0 Å². The molecule has 0 radical (unpaired) electrons. The third-order valence-electron chi connectivity index (χ3n) is 6.79. The molecule has 2 heterocycles. The van der Waals surface area contributed by atoms with Crippen molar-refractivity contribution in [2.45, 2.75) is 26.3 Å². The molecule has 0 amide bonds. The molecule has 192 valence electrons. The number of carboxylic acids is 1. The minimum Gasteiger partial charge on any atom is -0.489 e. The Balaban J connectivity index is 1.38. The number of imidazole rings is 1. The van der Waals surface area contributed by atoms with Gasteiger partial charge in [0.1, 0.15) is 30.2 Å². The predicted molar refractivity (Wildman–Crippen MR) is 150 cm³/mol. The van der Waals surface area contributed by atoms with Crippen LogP contribution in [0.4, 0.5) is 0 Å². The van der Waals surface area contributed by atoms with Crippen LogP contribution in [0.2, 0.25) is 0 Å². The molecule has 0 saturated carbocycles. The zero-order valence-corrected chi connectivity index (χ0v) is 21.6. The molecule has 6 heteroatoms. The van der Waals surface area contributed by atoms with Crippen LogP contribution in [0.25, 0.3) is 11.0 Å². The van der Waals surface area contributed by atoms with Crippen molar-refractivity contribution in [2.75, 3.05) is 13.2 Å². The smallest absolute Gasteiger partial charge is 0.323 e. The number of hydrogen-bond donors (Lipinski definition) is 1. The summed E-state index contributed by atoms with van der Waals surface area (Å²) >= 11 is 0. The van der Waals surface area contributed by atoms with E-state index in [2.05, 4.69) is 82.8 Å². The van der Waals surface area contributed by atoms with E-state index >= 15 is 0 Å². The van der Waals surface area contributed by atoms with Gasteiger partial charge in [-0.1, -0.05) is 78.9 Å². The molecule has 3 aromatic carbocycles. The first kappa shape index (κ1) is 25.1. The highest BCUT2D eigenvalue weighted by Gasteiger charge is 2.21. The van der Waals surface area contributed by atoms with Crippen LogP contribution in [-0.2, 0) is 11.3 Å². The van der Waals surface area contributed by atoms with Crippen molar-refractivity contribution < 1.29 is 14.6 Å². The van der Waals surface area contributed by atoms with Gasteiger partial charge < -0.3 is 19.3 Å². The normalized spacial score (nSPS) is 14.3. The summed E-state index contributed by atoms with van der Waals surface area (Å²) in [6, 6.07) is 26.8. The molecule has 0 bridgehead atoms. The van der Waals surface area contributed by atoms with Crippen LogP contribution in [-0.4, -0.2) is 38.7 Å². The number of carbonyl (C=O) groups is 1. The van der Waals surface area contributed by atoms with Crippen molar-refractivity contribution in [3.63, 3.8) is 0 Å². The molecule has 0 fully saturated rings. The summed E-state index contributed by atoms with van der Waals surface area (Å²) in [4.78, 5) is 18.1. The Morgan fingerprint density at radius 1 is 0.974 bits per heavy atom. The lowest BCUT2D eigenvalue weighted by Gasteiger charge is -2.29. The van der Waals surface area contributed by atoms with E-state index in [0.717, 1.165) is 11.2 Å². The number of carboxylic acid groups (broad SMARTS) is 1. The average molecular weight is 506 g/mol. The van der Waals surface area contributed by atoms with Gasteiger partial charge in [-0.25, -0.2) is 4.98 Å². The molecule has 38 heavy (non-hydrogen) atoms. The number of aliphatic carboxylic acids is 1. The number of para-hydroxylation sites is 1. The van der Waals surface area contributed by atoms with Crippen LogP contribution in [0.5, 0.6) is 5.75 Å². The number of rotatable bonds is 9. The number of allylic oxidation sites excluding steroid dienone is 4. The predicted octanol–water partition coefficient (Wildman–Crippen LogP) is 6.30. The van der Waals surface area contributed by atoms with E-state index in [0.29, 0.717) is 30.2 Å². The van der Waals surface area contributed by atoms with Crippen LogP contribution in [0, 0.1) is 6.92 Å². The number of ether oxygens (including phenoxy) is 1. The Kier molecular flexibility index (Phi) is 7.40. The quantitative estimate of drug-likeness (QED) is 0.289. The maximum absolute atomic E-state index is 11.3. The summed E-state index contributed by atoms with van der Waals surface area (Å²) in [6.45, 7) is 4.81. The molecule has 4 aromatic rings. The van der Waals surface area contributed by atoms with Gasteiger partial charge in [0.05, 0.1) is 12.1 Å². The summed E-state index contributed by atoms with van der Waals surface area (Å²) < 4.78 is 7.90. The zero-order chi connectivity index (χ0) is 26.5. The zero-order valence-electron chi connectivity index (χ0n) is 21.6. The van der Waals surface area contributed by atoms with Crippen molar-refractivity contribution in [3.05, 3.63) is 132 Å². The highest BCUT2D eigenvalue weighted by molar-refractivity contribution is 5.84. The third-order valence-corrected chi connectivity index (χ3v) is 6.79. The van der Waals surface area contributed by atoms with Crippen LogP contribution in [0.15, 0.2) is 115 Å². The topological polar surface area (TPSA) is 67.6 Å². The SMILES string of the molecule is C/C=C1\C=CC(C(c2ccccc2)c2ccccc2)=CN1CCOc1cccc2c1nc(C)n2CC(=O)O. The van der Waals surface area contributed by atoms with Crippen LogP contribution < -0.4 is 4.74 Å². The summed E-state index contributed by atoms with van der Waals surface area (Å²) in [5.41, 5.74) is 6.24. The molecule has 0 spiro atoms. The fraction of sp³-hybridized carbons (Fsp3) is 0.188. The highest BCUT2D eigenvalue weighted by atomic mass is 16.5. The highest BCUT2D eigenvalue weighted by Crippen LogP contribution is 2.35. The Labute approximate surface area is 222 Å². The summed E-state index contributed by atoms with van der Waals surface area (Å²) in [7, 11) is 0. The van der Waals surface area contributed by atoms with Crippen LogP contribution in [0.3, 0.4) is 0 Å². The molecule has 0 unspecified atom stereocenters. The van der Waals surface area contributed by atoms with Crippen molar-refractivity contribution >= 4 is 17.0 Å². The monoisotopic (exact) mass is 505 g/mol. The summed E-state index contributed by atoms with van der Waals surface area (Å²) in [5, 5.41) is 9.28. The van der Waals surface area contributed by atoms with Crippen molar-refractivity contribution in [1.82, 2.24) is 14.5 Å². The van der Waals surface area contributed by atoms with E-state index in [9.17, 15) is 9.90 Å². The van der Waals surface area contributed by atoms with E-state index < -0.39 is 5.97 Å². The van der Waals surface area contributed by atoms with E-state index in [1.54, 1.807) is 4.57 Å². The van der Waals surface area contributed by atoms with E-state index in [1.807, 2.05) is 44.2 Å². The molecule has 5 rings (SSSR count). The molecule has 0 atom stereocenters. The van der Waals surface area contributed by atoms with Gasteiger partial charge in [-0.3, -0.25) is 4.79 Å². The molecule has 1 aromatic heterocycles. The molecule has 1 aliphatic heterocycles. The van der Waals surface area contributed by atoms with Gasteiger partial charge in [0.25, 0.3) is 0 Å². The van der Waals surface area contributed by atoms with E-state index in [4.69, 9.17) is 4.74 Å². The number of fused-ring (bicyclic) bond motifs is 1. The third kappa shape index (κ3) is 5.25. The standard InChI is InChI=1S/C32H31N3O3/c1-3-27-18-17-26(31(24-11-6-4-7-12-24)25-13-8-5-9-14-25)21-34(27)19-20-38-29-16-10-15-28-32(29)33-23(2)35(28)22-30(36)37/h3-18,21,31H,19-20,22H2,1-2H3,(H,36,37)/b27-3+. The van der Waals surface area contributed by atoms with Crippen LogP contribution in [0.1, 0.15) is 29.8 Å². The lowest BCUT2D eigenvalue weighted by Crippen LogP contribution is -2.25. The lowest BCUT2D eigenvalue weighted by molar-refractivity contribution is -0.137. The second-order valence-electron chi connectivity index (χ2n) is 9.23. The first-order valence-corrected chi connectivity index (χ1v) is 12.8. The summed E-state index contributed by atoms with van der Waals surface area (Å²) in [6.07, 6.45) is 8.68. The first-order valence-electron chi connectivity index (χ1n) is 12.8. The maximum Gasteiger partial charge on any atom is 0.323 e. The number of hydrogen-bond acceptors (Lipinski definition) is 4. The van der Waals surface area contributed by atoms with Gasteiger partial charge in [-0.15, -0.1) is 0 Å². The Morgan fingerprint density at radius 2 is 1.66 bits per heavy atom. The number of aryl methyl sites for hydroxylation is 1. The fourth-order valence-electron chi connectivity index (χ4n) is 5.01. The molecule has 6 nitrogen and oxygen atoms in total. The Hall–Kier alpha value is -4.58. The molecule has 1 aliphatic rings. The van der Waals surface area contributed by atoms with Gasteiger partial charge in [0.15, 0.2) is 0 Å². The molecule has 1 N–H and O–H groups in total. The largest absolute Gasteiger partial charge is 0.489 e. The van der Waals surface area contributed by atoms with Gasteiger partial charge in [0.2, 0.25) is 0 Å². The average Bonchev–Trinajstić information content (AvgIpc) is 3.25. The molecule has 0 aliphatic carbocycles. The second-order valence-corrected chi connectivity index (χ2v) is 9.23. The molecular weight excluding hydrogens is 474 g/mol. The van der Waals surface area contributed by atoms with Gasteiger partial charge in [-0.05, 0) is 48.8 Å². The number of aromatic nitrogens is 2. The Morgan fingerprint density at radius 3 is 2.29 bits per heavy atom. The van der Waals surface area contributed by atoms with Crippen molar-refractivity contribution in [3.8, 4) is 5.75 Å². The van der Waals surface area contributed by atoms with Crippen molar-refractivity contribution in [2.24, 2.45) is 0 Å². The summed E-state index contributed by atoms with van der Waals surface area (Å²) in [5.74, 6) is 0.518. The Bertz CT molecular complexity index is 1480. The van der Waals surface area contributed by atoms with E-state index in [1.165, 1.54) is 16.7 Å². The van der Waals surface area contributed by atoms with Crippen molar-refractivity contribution in [1.29, 1.82) is 0 Å². The first-order chi connectivity index (χ1) is 18.5. The lowest BCUT2D eigenvalue weighted by atomic mass is 9.84. The maximum atomic E-state index is 11.3.